The first-order valence-corrected chi connectivity index (χ1v) is 18.8. The molecule has 4 heterocycles. The van der Waals surface area contributed by atoms with Crippen molar-refractivity contribution < 1.29 is 46.4 Å². The lowest BCUT2D eigenvalue weighted by Crippen LogP contribution is -2.52. The molecule has 0 spiro atoms. The second-order valence-corrected chi connectivity index (χ2v) is 14.9. The van der Waals surface area contributed by atoms with Crippen LogP contribution in [0.4, 0.5) is 18.9 Å². The molecule has 4 fully saturated rings. The predicted molar refractivity (Wildman–Crippen MR) is 197 cm³/mol. The van der Waals surface area contributed by atoms with Crippen LogP contribution in [0.25, 0.3) is 0 Å². The summed E-state index contributed by atoms with van der Waals surface area (Å²) in [4.78, 5) is 29.6. The topological polar surface area (TPSA) is 113 Å². The molecule has 1 aromatic heterocycles. The molecule has 3 atom stereocenters. The molecule has 290 valence electrons. The van der Waals surface area contributed by atoms with E-state index in [1.165, 1.54) is 54.6 Å². The van der Waals surface area contributed by atoms with Crippen LogP contribution in [0.5, 0.6) is 11.5 Å². The minimum Gasteiger partial charge on any atom is -0.619 e. The van der Waals surface area contributed by atoms with Crippen molar-refractivity contribution in [1.82, 2.24) is 4.90 Å². The van der Waals surface area contributed by atoms with Crippen LogP contribution in [-0.4, -0.2) is 55.8 Å². The molecular weight excluding hydrogens is 762 g/mol. The van der Waals surface area contributed by atoms with Gasteiger partial charge in [-0.15, -0.1) is 0 Å². The zero-order valence-electron chi connectivity index (χ0n) is 29.5. The summed E-state index contributed by atoms with van der Waals surface area (Å²) >= 11 is 12.8. The first-order valence-electron chi connectivity index (χ1n) is 18.0. The van der Waals surface area contributed by atoms with Gasteiger partial charge in [0.15, 0.2) is 29.9 Å². The number of pyridine rings is 1. The summed E-state index contributed by atoms with van der Waals surface area (Å²) in [5.41, 5.74) is 1.82. The standard InChI is InChI=1S/C40H38Cl2F3N3O7/c41-31-19-48(51)20-32(42)30(31)18-34(27-7-12-33(55-40(44)45)35(17-27)52-22-23-1-2-23)53-38(49)26-5-10-29(11-6-26)46-37(25-3-8-28(43)9-4-25)39(50)54-36-21-47-15-13-24(36)14-16-47/h3-12,17,19-20,23-24,34,36-37,40,46H,1-2,13-16,18,21-22H2/t34-,36-,37?/m0/s1. The van der Waals surface area contributed by atoms with Crippen LogP contribution < -0.4 is 19.5 Å². The molecule has 3 aromatic carbocycles. The second-order valence-electron chi connectivity index (χ2n) is 14.0. The Morgan fingerprint density at radius 3 is 2.20 bits per heavy atom. The lowest BCUT2D eigenvalue weighted by atomic mass is 9.86. The van der Waals surface area contributed by atoms with Crippen LogP contribution in [0.1, 0.15) is 64.9 Å². The van der Waals surface area contributed by atoms with Gasteiger partial charge in [-0.2, -0.15) is 13.5 Å². The molecule has 3 saturated heterocycles. The maximum atomic E-state index is 13.8. The number of carbonyl (C=O) groups is 2. The molecule has 8 rings (SSSR count). The lowest BCUT2D eigenvalue weighted by Gasteiger charge is -2.44. The molecule has 15 heteroatoms. The van der Waals surface area contributed by atoms with Gasteiger partial charge in [-0.05, 0) is 110 Å². The Kier molecular flexibility index (Phi) is 11.9. The van der Waals surface area contributed by atoms with Crippen molar-refractivity contribution in [2.75, 3.05) is 31.6 Å². The van der Waals surface area contributed by atoms with Gasteiger partial charge in [-0.25, -0.2) is 14.0 Å². The zero-order valence-corrected chi connectivity index (χ0v) is 31.0. The summed E-state index contributed by atoms with van der Waals surface area (Å²) in [6, 6.07) is 15.1. The highest BCUT2D eigenvalue weighted by Gasteiger charge is 2.38. The predicted octanol–water partition coefficient (Wildman–Crippen LogP) is 8.09. The number of esters is 2. The quantitative estimate of drug-likeness (QED) is 0.0725. The highest BCUT2D eigenvalue weighted by atomic mass is 35.5. The summed E-state index contributed by atoms with van der Waals surface area (Å²) in [7, 11) is 0. The minimum absolute atomic E-state index is 0.0320. The van der Waals surface area contributed by atoms with E-state index in [2.05, 4.69) is 15.0 Å². The number of rotatable bonds is 15. The van der Waals surface area contributed by atoms with Crippen LogP contribution in [0.3, 0.4) is 0 Å². The number of carbonyl (C=O) groups excluding carboxylic acids is 2. The molecule has 55 heavy (non-hydrogen) atoms. The zero-order chi connectivity index (χ0) is 38.6. The monoisotopic (exact) mass is 799 g/mol. The highest BCUT2D eigenvalue weighted by molar-refractivity contribution is 6.35. The number of nitrogens with one attached hydrogen (secondary N) is 1. The van der Waals surface area contributed by atoms with E-state index in [1.54, 1.807) is 12.1 Å². The van der Waals surface area contributed by atoms with Gasteiger partial charge in [0.1, 0.15) is 28.1 Å². The maximum absolute atomic E-state index is 13.8. The number of halogens is 5. The second kappa shape index (κ2) is 17.0. The molecule has 1 unspecified atom stereocenters. The summed E-state index contributed by atoms with van der Waals surface area (Å²) in [6.45, 7) is -0.146. The van der Waals surface area contributed by atoms with Gasteiger partial charge in [0, 0.05) is 24.2 Å². The van der Waals surface area contributed by atoms with Crippen molar-refractivity contribution in [2.24, 2.45) is 11.8 Å². The third kappa shape index (κ3) is 9.75. The molecule has 1 aliphatic carbocycles. The molecular formula is C40H38Cl2F3N3O7. The summed E-state index contributed by atoms with van der Waals surface area (Å²) in [6.07, 6.45) is 4.68. The van der Waals surface area contributed by atoms with E-state index < -0.39 is 36.5 Å². The smallest absolute Gasteiger partial charge is 0.387 e. The number of alkyl halides is 2. The van der Waals surface area contributed by atoms with Crippen molar-refractivity contribution >= 4 is 40.8 Å². The average Bonchev–Trinajstić information content (AvgIpc) is 4.00. The van der Waals surface area contributed by atoms with E-state index in [0.29, 0.717) is 52.1 Å². The van der Waals surface area contributed by atoms with Crippen LogP contribution >= 0.6 is 23.2 Å². The van der Waals surface area contributed by atoms with Gasteiger partial charge in [0.25, 0.3) is 0 Å². The van der Waals surface area contributed by atoms with Crippen LogP contribution in [0, 0.1) is 22.9 Å². The van der Waals surface area contributed by atoms with E-state index in [-0.39, 0.29) is 39.6 Å². The fourth-order valence-electron chi connectivity index (χ4n) is 6.92. The van der Waals surface area contributed by atoms with Crippen LogP contribution in [0.15, 0.2) is 79.1 Å². The summed E-state index contributed by atoms with van der Waals surface area (Å²) < 4.78 is 63.4. The maximum Gasteiger partial charge on any atom is 0.387 e. The number of ether oxygens (including phenoxy) is 4. The Morgan fingerprint density at radius 1 is 0.909 bits per heavy atom. The van der Waals surface area contributed by atoms with E-state index in [0.717, 1.165) is 51.2 Å². The van der Waals surface area contributed by atoms with E-state index >= 15 is 0 Å². The van der Waals surface area contributed by atoms with Crippen molar-refractivity contribution in [2.45, 2.75) is 57.0 Å². The van der Waals surface area contributed by atoms with E-state index in [1.807, 2.05) is 0 Å². The molecule has 2 bridgehead atoms. The molecule has 4 aromatic rings. The number of piperidine rings is 3. The normalized spacial score (nSPS) is 20.1. The fourth-order valence-corrected chi connectivity index (χ4v) is 7.52. The van der Waals surface area contributed by atoms with Gasteiger partial charge in [0.05, 0.1) is 12.2 Å². The Hall–Kier alpha value is -4.72. The average molecular weight is 801 g/mol. The first kappa shape index (κ1) is 38.6. The van der Waals surface area contributed by atoms with Crippen LogP contribution in [-0.2, 0) is 20.7 Å². The molecule has 0 amide bonds. The molecule has 1 N–H and O–H groups in total. The van der Waals surface area contributed by atoms with Crippen molar-refractivity contribution in [3.63, 3.8) is 0 Å². The number of benzene rings is 3. The van der Waals surface area contributed by atoms with Gasteiger partial charge < -0.3 is 29.5 Å². The van der Waals surface area contributed by atoms with Crippen LogP contribution in [0.2, 0.25) is 10.0 Å². The fraction of sp³-hybridized carbons (Fsp3) is 0.375. The van der Waals surface area contributed by atoms with Crippen molar-refractivity contribution in [1.29, 1.82) is 0 Å². The summed E-state index contributed by atoms with van der Waals surface area (Å²) in [5, 5.41) is 15.2. The minimum atomic E-state index is -3.09. The Labute approximate surface area is 325 Å². The van der Waals surface area contributed by atoms with E-state index in [4.69, 9.17) is 37.4 Å². The highest BCUT2D eigenvalue weighted by Crippen LogP contribution is 2.38. The SMILES string of the molecule is O=C(O[C@@H](Cc1c(Cl)c[n+]([O-])cc1Cl)c1ccc(OC(F)F)c(OCC2CC2)c1)c1ccc(NC(C(=O)O[C@H]2CN3CCC2CC3)c2ccc(F)cc2)cc1. The number of nitrogens with zero attached hydrogens (tertiary/aromatic N) is 2. The van der Waals surface area contributed by atoms with Gasteiger partial charge >= 0.3 is 18.6 Å². The van der Waals surface area contributed by atoms with Gasteiger partial charge in [0.2, 0.25) is 0 Å². The third-order valence-corrected chi connectivity index (χ3v) is 10.8. The largest absolute Gasteiger partial charge is 0.619 e. The number of hydrogen-bond donors (Lipinski definition) is 1. The molecule has 4 aliphatic rings. The van der Waals surface area contributed by atoms with Crippen molar-refractivity contribution in [3.05, 3.63) is 122 Å². The Balaban J connectivity index is 1.11. The lowest BCUT2D eigenvalue weighted by molar-refractivity contribution is -0.605. The van der Waals surface area contributed by atoms with Crippen molar-refractivity contribution in [3.8, 4) is 11.5 Å². The molecule has 10 nitrogen and oxygen atoms in total. The van der Waals surface area contributed by atoms with E-state index in [9.17, 15) is 28.0 Å². The number of anilines is 1. The molecule has 3 aliphatic heterocycles. The number of aromatic nitrogens is 1. The van der Waals surface area contributed by atoms with Gasteiger partial charge in [-0.3, -0.25) is 4.90 Å². The first-order chi connectivity index (χ1) is 26.5. The Bertz CT molecular complexity index is 1970. The number of fused-ring (bicyclic) bond motifs is 3. The Morgan fingerprint density at radius 2 is 1.58 bits per heavy atom. The molecule has 0 radical (unpaired) electrons. The van der Waals surface area contributed by atoms with Gasteiger partial charge in [-0.1, -0.05) is 41.4 Å². The third-order valence-electron chi connectivity index (χ3n) is 10.2. The number of hydrogen-bond acceptors (Lipinski definition) is 9. The molecule has 1 saturated carbocycles. The summed E-state index contributed by atoms with van der Waals surface area (Å²) in [5.74, 6) is -1.23.